The summed E-state index contributed by atoms with van der Waals surface area (Å²) >= 11 is 1.71. The molecule has 1 aromatic heterocycles. The molecular formula is C16H23NO3S. The first-order valence-corrected chi connectivity index (χ1v) is 8.53. The average Bonchev–Trinajstić information content (AvgIpc) is 2.91. The molecule has 1 aromatic rings. The summed E-state index contributed by atoms with van der Waals surface area (Å²) < 4.78 is 0. The highest BCUT2D eigenvalue weighted by atomic mass is 32.1. The lowest BCUT2D eigenvalue weighted by Crippen LogP contribution is -2.51. The van der Waals surface area contributed by atoms with Gasteiger partial charge in [-0.25, -0.2) is 0 Å². The Labute approximate surface area is 129 Å². The van der Waals surface area contributed by atoms with Gasteiger partial charge < -0.3 is 10.4 Å². The third-order valence-corrected chi connectivity index (χ3v) is 5.05. The van der Waals surface area contributed by atoms with Gasteiger partial charge >= 0.3 is 5.97 Å². The van der Waals surface area contributed by atoms with Crippen molar-refractivity contribution >= 4 is 23.2 Å². The Morgan fingerprint density at radius 1 is 1.29 bits per heavy atom. The van der Waals surface area contributed by atoms with Crippen molar-refractivity contribution in [1.29, 1.82) is 0 Å². The molecule has 0 aromatic carbocycles. The summed E-state index contributed by atoms with van der Waals surface area (Å²) in [5.74, 6) is -0.828. The second-order valence-corrected chi connectivity index (χ2v) is 6.92. The van der Waals surface area contributed by atoms with Crippen LogP contribution >= 0.6 is 11.3 Å². The van der Waals surface area contributed by atoms with Crippen molar-refractivity contribution in [1.82, 2.24) is 5.32 Å². The van der Waals surface area contributed by atoms with E-state index < -0.39 is 11.5 Å². The minimum Gasteiger partial charge on any atom is -0.481 e. The van der Waals surface area contributed by atoms with Gasteiger partial charge in [0.25, 0.3) is 0 Å². The van der Waals surface area contributed by atoms with Gasteiger partial charge in [0.1, 0.15) is 0 Å². The molecule has 0 unspecified atom stereocenters. The van der Waals surface area contributed by atoms with Crippen molar-refractivity contribution in [2.75, 3.05) is 0 Å². The van der Waals surface area contributed by atoms with Crippen LogP contribution in [0.2, 0.25) is 0 Å². The predicted octanol–water partition coefficient (Wildman–Crippen LogP) is 3.36. The second kappa shape index (κ2) is 7.59. The van der Waals surface area contributed by atoms with Crippen LogP contribution in [0, 0.1) is 0 Å². The van der Waals surface area contributed by atoms with Gasteiger partial charge in [-0.05, 0) is 37.1 Å². The molecule has 1 saturated carbocycles. The zero-order chi connectivity index (χ0) is 15.1. The fourth-order valence-corrected chi connectivity index (χ4v) is 3.85. The zero-order valence-corrected chi connectivity index (χ0v) is 13.1. The first kappa shape index (κ1) is 16.0. The molecule has 21 heavy (non-hydrogen) atoms. The molecule has 0 atom stereocenters. The average molecular weight is 309 g/mol. The van der Waals surface area contributed by atoms with E-state index in [9.17, 15) is 9.59 Å². The maximum absolute atomic E-state index is 12.1. The first-order valence-electron chi connectivity index (χ1n) is 7.65. The standard InChI is InChI=1S/C16H23NO3S/c18-14(8-4-6-13-7-5-11-21-13)17-16(12-15(19)20)9-2-1-3-10-16/h5,7,11H,1-4,6,8-10,12H2,(H,17,18)(H,19,20). The third kappa shape index (κ3) is 5.16. The van der Waals surface area contributed by atoms with Gasteiger partial charge in [-0.3, -0.25) is 9.59 Å². The molecule has 0 bridgehead atoms. The minimum atomic E-state index is -0.823. The van der Waals surface area contributed by atoms with Crippen LogP contribution in [0.5, 0.6) is 0 Å². The monoisotopic (exact) mass is 309 g/mol. The van der Waals surface area contributed by atoms with Crippen molar-refractivity contribution in [3.05, 3.63) is 22.4 Å². The third-order valence-electron chi connectivity index (χ3n) is 4.11. The SMILES string of the molecule is O=C(O)CC1(NC(=O)CCCc2cccs2)CCCCC1. The number of aliphatic carboxylic acids is 1. The van der Waals surface area contributed by atoms with Crippen molar-refractivity contribution in [2.24, 2.45) is 0 Å². The molecule has 4 nitrogen and oxygen atoms in total. The number of aryl methyl sites for hydroxylation is 1. The molecule has 1 aliphatic carbocycles. The lowest BCUT2D eigenvalue weighted by molar-refractivity contribution is -0.139. The Morgan fingerprint density at radius 2 is 2.05 bits per heavy atom. The summed E-state index contributed by atoms with van der Waals surface area (Å²) in [7, 11) is 0. The van der Waals surface area contributed by atoms with Crippen molar-refractivity contribution in [2.45, 2.75) is 63.3 Å². The Balaban J connectivity index is 1.81. The van der Waals surface area contributed by atoms with Gasteiger partial charge in [-0.2, -0.15) is 0 Å². The quantitative estimate of drug-likeness (QED) is 0.811. The van der Waals surface area contributed by atoms with E-state index >= 15 is 0 Å². The van der Waals surface area contributed by atoms with Crippen LogP contribution in [0.15, 0.2) is 17.5 Å². The Morgan fingerprint density at radius 3 is 2.67 bits per heavy atom. The highest BCUT2D eigenvalue weighted by Gasteiger charge is 2.35. The lowest BCUT2D eigenvalue weighted by Gasteiger charge is -2.37. The summed E-state index contributed by atoms with van der Waals surface area (Å²) in [6, 6.07) is 4.10. The molecule has 1 aliphatic rings. The van der Waals surface area contributed by atoms with Crippen LogP contribution < -0.4 is 5.32 Å². The molecular weight excluding hydrogens is 286 g/mol. The number of carboxylic acids is 1. The molecule has 0 radical (unpaired) electrons. The maximum atomic E-state index is 12.1. The van der Waals surface area contributed by atoms with Gasteiger partial charge in [-0.15, -0.1) is 11.3 Å². The number of hydrogen-bond donors (Lipinski definition) is 2. The van der Waals surface area contributed by atoms with Gasteiger partial charge in [0.2, 0.25) is 5.91 Å². The highest BCUT2D eigenvalue weighted by molar-refractivity contribution is 7.09. The summed E-state index contributed by atoms with van der Waals surface area (Å²) in [5, 5.41) is 14.2. The van der Waals surface area contributed by atoms with Crippen LogP contribution in [0.3, 0.4) is 0 Å². The fourth-order valence-electron chi connectivity index (χ4n) is 3.10. The molecule has 1 heterocycles. The van der Waals surface area contributed by atoms with Gasteiger partial charge in [0.05, 0.1) is 12.0 Å². The molecule has 2 N–H and O–H groups in total. The van der Waals surface area contributed by atoms with Gasteiger partial charge in [0, 0.05) is 11.3 Å². The van der Waals surface area contributed by atoms with E-state index in [0.717, 1.165) is 44.9 Å². The summed E-state index contributed by atoms with van der Waals surface area (Å²) in [6.07, 6.45) is 6.96. The molecule has 5 heteroatoms. The number of carbonyl (C=O) groups is 2. The number of carbonyl (C=O) groups excluding carboxylic acids is 1. The van der Waals surface area contributed by atoms with E-state index in [4.69, 9.17) is 5.11 Å². The largest absolute Gasteiger partial charge is 0.481 e. The molecule has 0 aliphatic heterocycles. The van der Waals surface area contributed by atoms with Crippen LogP contribution in [0.25, 0.3) is 0 Å². The maximum Gasteiger partial charge on any atom is 0.305 e. The predicted molar refractivity (Wildman–Crippen MR) is 83.5 cm³/mol. The number of nitrogens with one attached hydrogen (secondary N) is 1. The number of rotatable bonds is 7. The zero-order valence-electron chi connectivity index (χ0n) is 12.3. The van der Waals surface area contributed by atoms with E-state index in [1.54, 1.807) is 11.3 Å². The summed E-state index contributed by atoms with van der Waals surface area (Å²) in [6.45, 7) is 0. The van der Waals surface area contributed by atoms with Gasteiger partial charge in [-0.1, -0.05) is 25.3 Å². The number of thiophene rings is 1. The minimum absolute atomic E-state index is 0.00490. The highest BCUT2D eigenvalue weighted by Crippen LogP contribution is 2.31. The summed E-state index contributed by atoms with van der Waals surface area (Å²) in [5.41, 5.74) is -0.510. The molecule has 1 amide bonds. The van der Waals surface area contributed by atoms with E-state index in [1.807, 2.05) is 11.4 Å². The van der Waals surface area contributed by atoms with Crippen molar-refractivity contribution in [3.63, 3.8) is 0 Å². The normalized spacial score (nSPS) is 17.3. The van der Waals surface area contributed by atoms with E-state index in [0.29, 0.717) is 6.42 Å². The van der Waals surface area contributed by atoms with E-state index in [-0.39, 0.29) is 12.3 Å². The lowest BCUT2D eigenvalue weighted by atomic mass is 9.79. The smallest absolute Gasteiger partial charge is 0.305 e. The fraction of sp³-hybridized carbons (Fsp3) is 0.625. The Hall–Kier alpha value is -1.36. The molecule has 0 saturated heterocycles. The summed E-state index contributed by atoms with van der Waals surface area (Å²) in [4.78, 5) is 24.5. The Bertz CT molecular complexity index is 464. The number of amides is 1. The molecule has 116 valence electrons. The second-order valence-electron chi connectivity index (χ2n) is 5.89. The van der Waals surface area contributed by atoms with Crippen LogP contribution in [0.4, 0.5) is 0 Å². The molecule has 0 spiro atoms. The van der Waals surface area contributed by atoms with Crippen molar-refractivity contribution < 1.29 is 14.7 Å². The topological polar surface area (TPSA) is 66.4 Å². The van der Waals surface area contributed by atoms with Crippen LogP contribution in [-0.2, 0) is 16.0 Å². The molecule has 2 rings (SSSR count). The van der Waals surface area contributed by atoms with E-state index in [1.165, 1.54) is 4.88 Å². The number of hydrogen-bond acceptors (Lipinski definition) is 3. The van der Waals surface area contributed by atoms with Gasteiger partial charge in [0.15, 0.2) is 0 Å². The molecule has 1 fully saturated rings. The first-order chi connectivity index (χ1) is 10.1. The van der Waals surface area contributed by atoms with Crippen LogP contribution in [0.1, 0.15) is 56.2 Å². The van der Waals surface area contributed by atoms with E-state index in [2.05, 4.69) is 11.4 Å². The Kier molecular flexibility index (Phi) is 5.79. The van der Waals surface area contributed by atoms with Crippen molar-refractivity contribution in [3.8, 4) is 0 Å². The van der Waals surface area contributed by atoms with Crippen LogP contribution in [-0.4, -0.2) is 22.5 Å². The number of carboxylic acid groups (broad SMARTS) is 1.